The maximum atomic E-state index is 13.8. The summed E-state index contributed by atoms with van der Waals surface area (Å²) in [6.07, 6.45) is 5.52. The van der Waals surface area contributed by atoms with Crippen molar-refractivity contribution in [2.45, 2.75) is 78.7 Å². The summed E-state index contributed by atoms with van der Waals surface area (Å²) in [5, 5.41) is 0. The van der Waals surface area contributed by atoms with E-state index in [-0.39, 0.29) is 11.5 Å². The predicted molar refractivity (Wildman–Crippen MR) is 174 cm³/mol. The molecule has 0 radical (unpaired) electrons. The highest BCUT2D eigenvalue weighted by Crippen LogP contribution is 2.25. The molecule has 0 saturated heterocycles. The lowest BCUT2D eigenvalue weighted by Crippen LogP contribution is -2.34. The van der Waals surface area contributed by atoms with E-state index in [1.807, 2.05) is 36.3 Å². The Kier molecular flexibility index (Phi) is 14.4. The van der Waals surface area contributed by atoms with Crippen molar-refractivity contribution in [1.29, 1.82) is 0 Å². The van der Waals surface area contributed by atoms with Crippen molar-refractivity contribution < 1.29 is 9.53 Å². The van der Waals surface area contributed by atoms with Gasteiger partial charge in [0.1, 0.15) is 0 Å². The first-order valence-electron chi connectivity index (χ1n) is 15.0. The molecule has 0 saturated carbocycles. The Morgan fingerprint density at radius 1 is 1.02 bits per heavy atom. The normalized spacial score (nSPS) is 11.6. The zero-order chi connectivity index (χ0) is 30.7. The van der Waals surface area contributed by atoms with Crippen molar-refractivity contribution >= 4 is 34.5 Å². The Balaban J connectivity index is 0.00000187. The Morgan fingerprint density at radius 2 is 1.63 bits per heavy atom. The van der Waals surface area contributed by atoms with Gasteiger partial charge in [-0.05, 0) is 82.1 Å². The number of fused-ring (bicyclic) bond motifs is 3. The molecular formula is C32H53N5O3S. The first-order valence-corrected chi connectivity index (χ1v) is 16.3. The minimum absolute atomic E-state index is 0.0247. The molecule has 1 aromatic carbocycles. The number of hydrogen-bond acceptors (Lipinski definition) is 6. The molecule has 2 heterocycles. The van der Waals surface area contributed by atoms with Crippen LogP contribution in [0.2, 0.25) is 0 Å². The number of thioether (sulfide) groups is 1. The zero-order valence-electron chi connectivity index (χ0n) is 27.1. The second-order valence-electron chi connectivity index (χ2n) is 11.6. The molecule has 41 heavy (non-hydrogen) atoms. The van der Waals surface area contributed by atoms with E-state index in [1.54, 1.807) is 18.6 Å². The number of carbonyl (C=O) groups is 1. The SMILES string of the molecule is CCc1nc2n(CCCN(C)CC)c3cc(C(=O)N(CCC(C)C)CCC(C)C)ccc3n2c(=O)c1SC.COC. The highest BCUT2D eigenvalue weighted by Gasteiger charge is 2.22. The van der Waals surface area contributed by atoms with E-state index in [9.17, 15) is 9.59 Å². The van der Waals surface area contributed by atoms with Crippen LogP contribution in [0.25, 0.3) is 16.8 Å². The molecule has 0 aliphatic rings. The van der Waals surface area contributed by atoms with Gasteiger partial charge in [0, 0.05) is 39.4 Å². The summed E-state index contributed by atoms with van der Waals surface area (Å²) in [7, 11) is 5.37. The number of nitrogens with zero attached hydrogens (tertiary/aromatic N) is 5. The molecule has 0 fully saturated rings. The van der Waals surface area contributed by atoms with Gasteiger partial charge < -0.3 is 19.1 Å². The van der Waals surface area contributed by atoms with Gasteiger partial charge in [0.05, 0.1) is 21.6 Å². The van der Waals surface area contributed by atoms with Crippen LogP contribution >= 0.6 is 11.8 Å². The Bertz CT molecular complexity index is 1300. The first-order chi connectivity index (χ1) is 19.5. The number of rotatable bonds is 14. The Morgan fingerprint density at radius 3 is 2.15 bits per heavy atom. The van der Waals surface area contributed by atoms with Gasteiger partial charge in [-0.1, -0.05) is 41.5 Å². The largest absolute Gasteiger partial charge is 0.388 e. The number of aryl methyl sites for hydroxylation is 2. The summed E-state index contributed by atoms with van der Waals surface area (Å²) >= 11 is 1.46. The summed E-state index contributed by atoms with van der Waals surface area (Å²) in [6.45, 7) is 17.2. The molecular weight excluding hydrogens is 534 g/mol. The second-order valence-corrected chi connectivity index (χ2v) is 12.4. The van der Waals surface area contributed by atoms with Crippen LogP contribution in [0, 0.1) is 11.8 Å². The molecule has 2 aromatic heterocycles. The third kappa shape index (κ3) is 9.06. The van der Waals surface area contributed by atoms with Gasteiger partial charge in [-0.25, -0.2) is 9.38 Å². The Labute approximate surface area is 251 Å². The highest BCUT2D eigenvalue weighted by molar-refractivity contribution is 7.98. The van der Waals surface area contributed by atoms with Gasteiger partial charge in [-0.3, -0.25) is 9.59 Å². The van der Waals surface area contributed by atoms with Crippen molar-refractivity contribution in [2.24, 2.45) is 11.8 Å². The lowest BCUT2D eigenvalue weighted by Gasteiger charge is -2.24. The highest BCUT2D eigenvalue weighted by atomic mass is 32.2. The lowest BCUT2D eigenvalue weighted by molar-refractivity contribution is 0.0741. The van der Waals surface area contributed by atoms with Crippen LogP contribution in [0.15, 0.2) is 27.9 Å². The Hall–Kier alpha value is -2.36. The molecule has 230 valence electrons. The average Bonchev–Trinajstić information content (AvgIpc) is 3.25. The molecule has 1 amide bonds. The molecule has 0 atom stereocenters. The molecule has 9 heteroatoms. The van der Waals surface area contributed by atoms with Crippen LogP contribution in [0.3, 0.4) is 0 Å². The van der Waals surface area contributed by atoms with E-state index in [4.69, 9.17) is 4.98 Å². The monoisotopic (exact) mass is 587 g/mol. The summed E-state index contributed by atoms with van der Waals surface area (Å²) < 4.78 is 8.14. The molecule has 3 aromatic rings. The fraction of sp³-hybridized carbons (Fsp3) is 0.656. The summed E-state index contributed by atoms with van der Waals surface area (Å²) in [5.74, 6) is 1.80. The number of ether oxygens (including phenoxy) is 1. The number of carbonyl (C=O) groups excluding carboxylic acids is 1. The van der Waals surface area contributed by atoms with Crippen LogP contribution in [-0.2, 0) is 17.7 Å². The molecule has 0 unspecified atom stereocenters. The molecule has 8 nitrogen and oxygen atoms in total. The van der Waals surface area contributed by atoms with E-state index in [2.05, 4.69) is 55.9 Å². The number of hydrogen-bond donors (Lipinski definition) is 0. The van der Waals surface area contributed by atoms with Gasteiger partial charge >= 0.3 is 0 Å². The predicted octanol–water partition coefficient (Wildman–Crippen LogP) is 6.07. The molecule has 0 aliphatic heterocycles. The van der Waals surface area contributed by atoms with Gasteiger partial charge in [0.15, 0.2) is 0 Å². The third-order valence-corrected chi connectivity index (χ3v) is 8.15. The first kappa shape index (κ1) is 34.8. The smallest absolute Gasteiger partial charge is 0.273 e. The number of aromatic nitrogens is 3. The van der Waals surface area contributed by atoms with E-state index >= 15 is 0 Å². The molecule has 0 spiro atoms. The maximum absolute atomic E-state index is 13.8. The van der Waals surface area contributed by atoms with Crippen molar-refractivity contribution in [3.05, 3.63) is 39.8 Å². The number of amides is 1. The fourth-order valence-electron chi connectivity index (χ4n) is 4.75. The van der Waals surface area contributed by atoms with Crippen molar-refractivity contribution in [3.8, 4) is 0 Å². The topological polar surface area (TPSA) is 72.1 Å². The molecule has 0 aliphatic carbocycles. The summed E-state index contributed by atoms with van der Waals surface area (Å²) in [5.41, 5.74) is 3.19. The van der Waals surface area contributed by atoms with E-state index in [0.29, 0.717) is 34.5 Å². The molecule has 0 bridgehead atoms. The number of benzene rings is 1. The van der Waals surface area contributed by atoms with Gasteiger partial charge in [0.25, 0.3) is 11.5 Å². The zero-order valence-corrected chi connectivity index (χ0v) is 27.9. The van der Waals surface area contributed by atoms with Gasteiger partial charge in [0.2, 0.25) is 5.78 Å². The van der Waals surface area contributed by atoms with Crippen LogP contribution in [0.1, 0.15) is 76.9 Å². The van der Waals surface area contributed by atoms with Gasteiger partial charge in [-0.2, -0.15) is 0 Å². The van der Waals surface area contributed by atoms with Crippen LogP contribution in [0.4, 0.5) is 0 Å². The van der Waals surface area contributed by atoms with Crippen molar-refractivity contribution in [1.82, 2.24) is 23.8 Å². The van der Waals surface area contributed by atoms with Crippen molar-refractivity contribution in [2.75, 3.05) is 53.7 Å². The molecule has 3 rings (SSSR count). The van der Waals surface area contributed by atoms with Crippen LogP contribution in [0.5, 0.6) is 0 Å². The number of imidazole rings is 1. The summed E-state index contributed by atoms with van der Waals surface area (Å²) in [6, 6.07) is 5.81. The minimum atomic E-state index is -0.0247. The van der Waals surface area contributed by atoms with Crippen molar-refractivity contribution in [3.63, 3.8) is 0 Å². The van der Waals surface area contributed by atoms with Crippen LogP contribution in [-0.4, -0.2) is 83.4 Å². The summed E-state index contributed by atoms with van der Waals surface area (Å²) in [4.78, 5) is 37.4. The fourth-order valence-corrected chi connectivity index (χ4v) is 5.44. The van der Waals surface area contributed by atoms with Crippen LogP contribution < -0.4 is 5.56 Å². The second kappa shape index (κ2) is 16.9. The standard InChI is InChI=1S/C30H47N5O2S.C2H6O/c1-9-24-27(38-8)29(37)35-25-13-12-23(28(36)33(18-14-21(3)4)19-15-22(5)6)20-26(25)34(30(35)31-24)17-11-16-32(7)10-2;1-3-2/h12-13,20-22H,9-11,14-19H2,1-8H3;1-2H3. The van der Waals surface area contributed by atoms with E-state index < -0.39 is 0 Å². The van der Waals surface area contributed by atoms with E-state index in [1.165, 1.54) is 11.8 Å². The van der Waals surface area contributed by atoms with Gasteiger partial charge in [-0.15, -0.1) is 11.8 Å². The third-order valence-electron chi connectivity index (χ3n) is 7.33. The quantitative estimate of drug-likeness (QED) is 0.213. The maximum Gasteiger partial charge on any atom is 0.273 e. The minimum Gasteiger partial charge on any atom is -0.388 e. The average molecular weight is 588 g/mol. The number of methoxy groups -OCH3 is 1. The van der Waals surface area contributed by atoms with E-state index in [0.717, 1.165) is 68.7 Å². The lowest BCUT2D eigenvalue weighted by atomic mass is 10.1. The molecule has 0 N–H and O–H groups in total.